The van der Waals surface area contributed by atoms with E-state index >= 15 is 0 Å². The van der Waals surface area contributed by atoms with Crippen molar-refractivity contribution in [3.63, 3.8) is 0 Å². The minimum Gasteiger partial charge on any atom is -0.393 e. The Kier molecular flexibility index (Phi) is 5.08. The molecule has 1 unspecified atom stereocenters. The number of hydrogen-bond acceptors (Lipinski definition) is 5. The molecule has 6 nitrogen and oxygen atoms in total. The summed E-state index contributed by atoms with van der Waals surface area (Å²) in [5, 5.41) is 31.6. The van der Waals surface area contributed by atoms with Gasteiger partial charge in [-0.15, -0.1) is 0 Å². The standard InChI is InChI=1S/C12H15N3O3/c1-9(16)3-2-6-14-12-5-4-11(15(17)18)7-10(12)8-13/h4-5,7,9,14,16H,2-3,6H2,1H3. The predicted molar refractivity (Wildman–Crippen MR) is 67.2 cm³/mol. The molecule has 6 heteroatoms. The molecule has 0 aromatic heterocycles. The number of aliphatic hydroxyl groups excluding tert-OH is 1. The predicted octanol–water partition coefficient (Wildman–Crippen LogP) is 2.04. The van der Waals surface area contributed by atoms with Gasteiger partial charge in [-0.2, -0.15) is 5.26 Å². The molecule has 18 heavy (non-hydrogen) atoms. The van der Waals surface area contributed by atoms with Gasteiger partial charge in [-0.05, 0) is 25.8 Å². The van der Waals surface area contributed by atoms with Crippen LogP contribution in [0.1, 0.15) is 25.3 Å². The van der Waals surface area contributed by atoms with Crippen molar-refractivity contribution in [2.45, 2.75) is 25.9 Å². The average Bonchev–Trinajstić information content (AvgIpc) is 2.34. The fraction of sp³-hybridized carbons (Fsp3) is 0.417. The van der Waals surface area contributed by atoms with Crippen molar-refractivity contribution < 1.29 is 10.0 Å². The van der Waals surface area contributed by atoms with E-state index in [4.69, 9.17) is 10.4 Å². The van der Waals surface area contributed by atoms with Crippen molar-refractivity contribution in [1.29, 1.82) is 5.26 Å². The SMILES string of the molecule is CC(O)CCCNc1ccc([N+](=O)[O-])cc1C#N. The van der Waals surface area contributed by atoms with E-state index in [2.05, 4.69) is 5.32 Å². The van der Waals surface area contributed by atoms with Gasteiger partial charge in [0.15, 0.2) is 0 Å². The lowest BCUT2D eigenvalue weighted by molar-refractivity contribution is -0.384. The number of non-ortho nitro benzene ring substituents is 1. The monoisotopic (exact) mass is 249 g/mol. The van der Waals surface area contributed by atoms with Crippen molar-refractivity contribution in [1.82, 2.24) is 0 Å². The average molecular weight is 249 g/mol. The Morgan fingerprint density at radius 1 is 1.61 bits per heavy atom. The summed E-state index contributed by atoms with van der Waals surface area (Å²) in [5.74, 6) is 0. The van der Waals surface area contributed by atoms with Gasteiger partial charge in [0.2, 0.25) is 0 Å². The van der Waals surface area contributed by atoms with Crippen LogP contribution in [0.25, 0.3) is 0 Å². The van der Waals surface area contributed by atoms with Crippen molar-refractivity contribution in [2.24, 2.45) is 0 Å². The Hall–Kier alpha value is -2.13. The largest absolute Gasteiger partial charge is 0.393 e. The number of nitriles is 1. The van der Waals surface area contributed by atoms with Gasteiger partial charge in [0.1, 0.15) is 6.07 Å². The van der Waals surface area contributed by atoms with Crippen molar-refractivity contribution in [3.05, 3.63) is 33.9 Å². The summed E-state index contributed by atoms with van der Waals surface area (Å²) in [6.45, 7) is 2.32. The highest BCUT2D eigenvalue weighted by molar-refractivity contribution is 5.61. The number of aliphatic hydroxyl groups is 1. The lowest BCUT2D eigenvalue weighted by Gasteiger charge is -2.08. The smallest absolute Gasteiger partial charge is 0.270 e. The molecule has 0 heterocycles. The Morgan fingerprint density at radius 2 is 2.33 bits per heavy atom. The van der Waals surface area contributed by atoms with Crippen LogP contribution < -0.4 is 5.32 Å². The summed E-state index contributed by atoms with van der Waals surface area (Å²) in [6.07, 6.45) is 1.08. The van der Waals surface area contributed by atoms with Crippen LogP contribution in [0, 0.1) is 21.4 Å². The molecule has 0 saturated heterocycles. The summed E-state index contributed by atoms with van der Waals surface area (Å²) < 4.78 is 0. The van der Waals surface area contributed by atoms with Crippen LogP contribution in [-0.2, 0) is 0 Å². The summed E-state index contributed by atoms with van der Waals surface area (Å²) in [5.41, 5.74) is 0.732. The number of hydrogen-bond donors (Lipinski definition) is 2. The molecule has 0 aliphatic carbocycles. The molecule has 1 rings (SSSR count). The van der Waals surface area contributed by atoms with Crippen molar-refractivity contribution in [2.75, 3.05) is 11.9 Å². The van der Waals surface area contributed by atoms with Crippen molar-refractivity contribution in [3.8, 4) is 6.07 Å². The van der Waals surface area contributed by atoms with Crippen LogP contribution in [0.2, 0.25) is 0 Å². The van der Waals surface area contributed by atoms with Crippen LogP contribution in [0.5, 0.6) is 0 Å². The summed E-state index contributed by atoms with van der Waals surface area (Å²) in [6, 6.07) is 6.06. The first-order valence-corrected chi connectivity index (χ1v) is 5.65. The molecule has 1 aromatic carbocycles. The van der Waals surface area contributed by atoms with Gasteiger partial charge in [-0.3, -0.25) is 10.1 Å². The molecule has 0 aliphatic rings. The van der Waals surface area contributed by atoms with Crippen LogP contribution in [-0.4, -0.2) is 22.7 Å². The number of anilines is 1. The summed E-state index contributed by atoms with van der Waals surface area (Å²) in [4.78, 5) is 10.0. The van der Waals surface area contributed by atoms with Crippen LogP contribution in [0.15, 0.2) is 18.2 Å². The fourth-order valence-electron chi connectivity index (χ4n) is 1.51. The molecule has 0 saturated carbocycles. The topological polar surface area (TPSA) is 99.2 Å². The quantitative estimate of drug-likeness (QED) is 0.456. The first kappa shape index (κ1) is 13.9. The maximum atomic E-state index is 10.6. The first-order chi connectivity index (χ1) is 8.54. The Labute approximate surface area is 105 Å². The van der Waals surface area contributed by atoms with E-state index in [0.29, 0.717) is 18.7 Å². The molecule has 0 fully saturated rings. The van der Waals surface area contributed by atoms with Gasteiger partial charge >= 0.3 is 0 Å². The molecule has 1 aromatic rings. The zero-order valence-electron chi connectivity index (χ0n) is 10.1. The van der Waals surface area contributed by atoms with Gasteiger partial charge in [0, 0.05) is 18.7 Å². The third-order valence-corrected chi connectivity index (χ3v) is 2.45. The number of nitro groups is 1. The Bertz CT molecular complexity index is 466. The molecular weight excluding hydrogens is 234 g/mol. The molecular formula is C12H15N3O3. The van der Waals surface area contributed by atoms with E-state index in [1.165, 1.54) is 18.2 Å². The minimum atomic E-state index is -0.530. The number of nitrogens with zero attached hydrogens (tertiary/aromatic N) is 2. The van der Waals surface area contributed by atoms with E-state index in [1.54, 1.807) is 6.92 Å². The fourth-order valence-corrected chi connectivity index (χ4v) is 1.51. The Balaban J connectivity index is 2.66. The molecule has 0 radical (unpaired) electrons. The van der Waals surface area contributed by atoms with Gasteiger partial charge < -0.3 is 10.4 Å². The van der Waals surface area contributed by atoms with Gasteiger partial charge in [-0.1, -0.05) is 0 Å². The molecule has 1 atom stereocenters. The number of benzene rings is 1. The summed E-state index contributed by atoms with van der Waals surface area (Å²) in [7, 11) is 0. The lowest BCUT2D eigenvalue weighted by atomic mass is 10.1. The second kappa shape index (κ2) is 6.57. The maximum Gasteiger partial charge on any atom is 0.270 e. The highest BCUT2D eigenvalue weighted by Gasteiger charge is 2.10. The zero-order chi connectivity index (χ0) is 13.5. The number of nitrogens with one attached hydrogen (secondary N) is 1. The van der Waals surface area contributed by atoms with E-state index in [-0.39, 0.29) is 17.4 Å². The third-order valence-electron chi connectivity index (χ3n) is 2.45. The molecule has 96 valence electrons. The molecule has 0 aliphatic heterocycles. The highest BCUT2D eigenvalue weighted by Crippen LogP contribution is 2.21. The van der Waals surface area contributed by atoms with Gasteiger partial charge in [0.25, 0.3) is 5.69 Å². The van der Waals surface area contributed by atoms with Crippen LogP contribution >= 0.6 is 0 Å². The van der Waals surface area contributed by atoms with E-state index in [0.717, 1.165) is 6.42 Å². The zero-order valence-corrected chi connectivity index (χ0v) is 10.1. The van der Waals surface area contributed by atoms with Crippen molar-refractivity contribution >= 4 is 11.4 Å². The minimum absolute atomic E-state index is 0.0962. The number of rotatable bonds is 6. The molecule has 0 bridgehead atoms. The normalized spacial score (nSPS) is 11.6. The molecule has 0 amide bonds. The van der Waals surface area contributed by atoms with Crippen LogP contribution in [0.3, 0.4) is 0 Å². The molecule has 2 N–H and O–H groups in total. The second-order valence-electron chi connectivity index (χ2n) is 4.02. The van der Waals surface area contributed by atoms with E-state index in [9.17, 15) is 10.1 Å². The maximum absolute atomic E-state index is 10.6. The van der Waals surface area contributed by atoms with Gasteiger partial charge in [-0.25, -0.2) is 0 Å². The first-order valence-electron chi connectivity index (χ1n) is 5.65. The van der Waals surface area contributed by atoms with Gasteiger partial charge in [0.05, 0.1) is 22.3 Å². The van der Waals surface area contributed by atoms with Crippen LogP contribution in [0.4, 0.5) is 11.4 Å². The Morgan fingerprint density at radius 3 is 2.89 bits per heavy atom. The molecule has 0 spiro atoms. The third kappa shape index (κ3) is 4.03. The lowest BCUT2D eigenvalue weighted by Crippen LogP contribution is -2.07. The summed E-state index contributed by atoms with van der Waals surface area (Å²) >= 11 is 0. The highest BCUT2D eigenvalue weighted by atomic mass is 16.6. The van der Waals surface area contributed by atoms with E-state index < -0.39 is 4.92 Å². The second-order valence-corrected chi connectivity index (χ2v) is 4.02. The number of nitro benzene ring substituents is 1. The van der Waals surface area contributed by atoms with E-state index in [1.807, 2.05) is 6.07 Å².